The van der Waals surface area contributed by atoms with Crippen LogP contribution in [0.5, 0.6) is 0 Å². The van der Waals surface area contributed by atoms with Crippen LogP contribution in [-0.2, 0) is 11.3 Å². The molecule has 0 bridgehead atoms. The highest BCUT2D eigenvalue weighted by Gasteiger charge is 2.05. The summed E-state index contributed by atoms with van der Waals surface area (Å²) in [5.41, 5.74) is 7.70. The van der Waals surface area contributed by atoms with Gasteiger partial charge in [0, 0.05) is 29.8 Å². The van der Waals surface area contributed by atoms with Crippen molar-refractivity contribution in [3.05, 3.63) is 65.4 Å². The maximum absolute atomic E-state index is 13.2. The van der Waals surface area contributed by atoms with Crippen molar-refractivity contribution < 1.29 is 13.6 Å². The number of anilines is 1. The molecule has 1 amide bonds. The van der Waals surface area contributed by atoms with Crippen LogP contribution in [0.3, 0.4) is 0 Å². The lowest BCUT2D eigenvalue weighted by atomic mass is 10.1. The number of nitrogens with one attached hydrogen (secondary N) is 2. The summed E-state index contributed by atoms with van der Waals surface area (Å²) in [6.45, 7) is 0.268. The number of halogens is 2. The fraction of sp³-hybridized carbons (Fsp3) is 0.0588. The van der Waals surface area contributed by atoms with Crippen molar-refractivity contribution in [2.45, 2.75) is 6.54 Å². The van der Waals surface area contributed by atoms with Crippen molar-refractivity contribution in [3.63, 3.8) is 0 Å². The Hall–Kier alpha value is -3.22. The number of carbonyl (C=O) groups is 1. The molecule has 3 aromatic rings. The van der Waals surface area contributed by atoms with Crippen molar-refractivity contribution in [1.29, 1.82) is 0 Å². The molecule has 2 aromatic carbocycles. The fourth-order valence-electron chi connectivity index (χ4n) is 2.35. The van der Waals surface area contributed by atoms with Gasteiger partial charge in [-0.1, -0.05) is 0 Å². The number of aromatic amines is 1. The van der Waals surface area contributed by atoms with Crippen LogP contribution in [0.4, 0.5) is 14.5 Å². The van der Waals surface area contributed by atoms with Crippen LogP contribution in [0.15, 0.2) is 42.5 Å². The first kappa shape index (κ1) is 15.7. The van der Waals surface area contributed by atoms with Crippen molar-refractivity contribution in [3.8, 4) is 0 Å². The Morgan fingerprint density at radius 2 is 1.96 bits per heavy atom. The van der Waals surface area contributed by atoms with Crippen molar-refractivity contribution in [1.82, 2.24) is 10.2 Å². The standard InChI is InChI=1S/C17H14F2N4O/c18-11-5-10(6-12(19)7-11)9-21-13-1-2-15-14(8-13)16(23-22-15)3-4-17(20)24/h1-8,21H,9H2,(H2,20,24)(H,22,23)/b4-3+. The lowest BCUT2D eigenvalue weighted by molar-refractivity contribution is -0.113. The second-order valence-corrected chi connectivity index (χ2v) is 5.24. The monoisotopic (exact) mass is 328 g/mol. The largest absolute Gasteiger partial charge is 0.381 e. The topological polar surface area (TPSA) is 83.8 Å². The number of aromatic nitrogens is 2. The molecule has 0 atom stereocenters. The zero-order valence-electron chi connectivity index (χ0n) is 12.5. The molecule has 0 fully saturated rings. The van der Waals surface area contributed by atoms with E-state index in [1.165, 1.54) is 18.2 Å². The van der Waals surface area contributed by atoms with E-state index in [1.54, 1.807) is 18.2 Å². The fourth-order valence-corrected chi connectivity index (χ4v) is 2.35. The maximum Gasteiger partial charge on any atom is 0.241 e. The Labute approximate surface area is 136 Å². The normalized spacial score (nSPS) is 11.2. The van der Waals surface area contributed by atoms with E-state index in [4.69, 9.17) is 5.73 Å². The number of benzene rings is 2. The third-order valence-corrected chi connectivity index (χ3v) is 3.42. The van der Waals surface area contributed by atoms with Crippen LogP contribution >= 0.6 is 0 Å². The molecule has 122 valence electrons. The molecule has 0 aliphatic carbocycles. The Kier molecular flexibility index (Phi) is 4.24. The van der Waals surface area contributed by atoms with E-state index in [9.17, 15) is 13.6 Å². The van der Waals surface area contributed by atoms with E-state index in [-0.39, 0.29) is 6.54 Å². The van der Waals surface area contributed by atoms with Gasteiger partial charge in [-0.2, -0.15) is 5.10 Å². The van der Waals surface area contributed by atoms with E-state index >= 15 is 0 Å². The first-order valence-corrected chi connectivity index (χ1v) is 7.16. The molecule has 0 saturated carbocycles. The quantitative estimate of drug-likeness (QED) is 0.630. The molecule has 3 rings (SSSR count). The second-order valence-electron chi connectivity index (χ2n) is 5.24. The molecule has 7 heteroatoms. The van der Waals surface area contributed by atoms with Crippen LogP contribution in [0.25, 0.3) is 17.0 Å². The zero-order chi connectivity index (χ0) is 17.1. The summed E-state index contributed by atoms with van der Waals surface area (Å²) in [5.74, 6) is -1.79. The van der Waals surface area contributed by atoms with Gasteiger partial charge in [0.05, 0.1) is 11.2 Å². The summed E-state index contributed by atoms with van der Waals surface area (Å²) < 4.78 is 26.4. The molecule has 0 spiro atoms. The molecule has 5 nitrogen and oxygen atoms in total. The average Bonchev–Trinajstić information content (AvgIpc) is 2.92. The highest BCUT2D eigenvalue weighted by Crippen LogP contribution is 2.22. The lowest BCUT2D eigenvalue weighted by Gasteiger charge is -2.07. The van der Waals surface area contributed by atoms with Gasteiger partial charge in [-0.3, -0.25) is 9.89 Å². The highest BCUT2D eigenvalue weighted by molar-refractivity contribution is 5.95. The van der Waals surface area contributed by atoms with Crippen LogP contribution in [0, 0.1) is 11.6 Å². The molecule has 1 heterocycles. The summed E-state index contributed by atoms with van der Waals surface area (Å²) in [5, 5.41) is 10.8. The minimum atomic E-state index is -0.615. The number of hydrogen-bond acceptors (Lipinski definition) is 3. The van der Waals surface area contributed by atoms with Crippen LogP contribution in [0.1, 0.15) is 11.3 Å². The molecule has 24 heavy (non-hydrogen) atoms. The van der Waals surface area contributed by atoms with E-state index in [0.29, 0.717) is 11.3 Å². The van der Waals surface area contributed by atoms with Crippen molar-refractivity contribution in [2.24, 2.45) is 5.73 Å². The van der Waals surface area contributed by atoms with Gasteiger partial charge in [0.2, 0.25) is 5.91 Å². The van der Waals surface area contributed by atoms with Gasteiger partial charge < -0.3 is 11.1 Å². The molecule has 0 aliphatic rings. The van der Waals surface area contributed by atoms with Crippen LogP contribution in [-0.4, -0.2) is 16.1 Å². The number of rotatable bonds is 5. The van der Waals surface area contributed by atoms with Gasteiger partial charge in [-0.15, -0.1) is 0 Å². The SMILES string of the molecule is NC(=O)/C=C/c1[nH]nc2ccc(NCc3cc(F)cc(F)c3)cc12. The molecule has 1 aromatic heterocycles. The number of carbonyl (C=O) groups excluding carboxylic acids is 1. The Morgan fingerprint density at radius 3 is 2.67 bits per heavy atom. The first-order valence-electron chi connectivity index (χ1n) is 7.16. The maximum atomic E-state index is 13.2. The van der Waals surface area contributed by atoms with E-state index in [1.807, 2.05) is 6.07 Å². The summed E-state index contributed by atoms with van der Waals surface area (Å²) in [4.78, 5) is 10.8. The minimum absolute atomic E-state index is 0.268. The van der Waals surface area contributed by atoms with Crippen molar-refractivity contribution >= 4 is 28.6 Å². The number of primary amides is 1. The summed E-state index contributed by atoms with van der Waals surface area (Å²) in [7, 11) is 0. The Balaban J connectivity index is 1.82. The Morgan fingerprint density at radius 1 is 1.21 bits per heavy atom. The minimum Gasteiger partial charge on any atom is -0.381 e. The molecule has 0 radical (unpaired) electrons. The van der Waals surface area contributed by atoms with Gasteiger partial charge in [-0.05, 0) is 42.0 Å². The summed E-state index contributed by atoms with van der Waals surface area (Å²) in [6, 6.07) is 8.80. The van der Waals surface area contributed by atoms with E-state index in [2.05, 4.69) is 15.5 Å². The van der Waals surface area contributed by atoms with Crippen LogP contribution < -0.4 is 11.1 Å². The number of hydrogen-bond donors (Lipinski definition) is 3. The molecule has 0 unspecified atom stereocenters. The number of nitrogens with zero attached hydrogens (tertiary/aromatic N) is 1. The molecular weight excluding hydrogens is 314 g/mol. The van der Waals surface area contributed by atoms with Gasteiger partial charge in [-0.25, -0.2) is 8.78 Å². The number of amides is 1. The molecule has 0 saturated heterocycles. The number of H-pyrrole nitrogens is 1. The second kappa shape index (κ2) is 6.49. The van der Waals surface area contributed by atoms with E-state index in [0.717, 1.165) is 22.7 Å². The molecule has 0 aliphatic heterocycles. The number of fused-ring (bicyclic) bond motifs is 1. The lowest BCUT2D eigenvalue weighted by Crippen LogP contribution is -2.05. The first-order chi connectivity index (χ1) is 11.5. The number of nitrogens with two attached hydrogens (primary N) is 1. The summed E-state index contributed by atoms with van der Waals surface area (Å²) in [6.07, 6.45) is 2.78. The van der Waals surface area contributed by atoms with E-state index < -0.39 is 17.5 Å². The third-order valence-electron chi connectivity index (χ3n) is 3.42. The van der Waals surface area contributed by atoms with Crippen molar-refractivity contribution in [2.75, 3.05) is 5.32 Å². The highest BCUT2D eigenvalue weighted by atomic mass is 19.1. The molecule has 4 N–H and O–H groups in total. The van der Waals surface area contributed by atoms with Gasteiger partial charge in [0.25, 0.3) is 0 Å². The average molecular weight is 328 g/mol. The van der Waals surface area contributed by atoms with Gasteiger partial charge in [0.1, 0.15) is 11.6 Å². The third kappa shape index (κ3) is 3.57. The smallest absolute Gasteiger partial charge is 0.241 e. The van der Waals surface area contributed by atoms with Crippen LogP contribution in [0.2, 0.25) is 0 Å². The molecular formula is C17H14F2N4O. The predicted molar refractivity (Wildman–Crippen MR) is 88.0 cm³/mol. The predicted octanol–water partition coefficient (Wildman–Crippen LogP) is 2.95. The Bertz CT molecular complexity index is 913. The van der Waals surface area contributed by atoms with Gasteiger partial charge >= 0.3 is 0 Å². The van der Waals surface area contributed by atoms with Gasteiger partial charge in [0.15, 0.2) is 0 Å². The summed E-state index contributed by atoms with van der Waals surface area (Å²) >= 11 is 0. The zero-order valence-corrected chi connectivity index (χ0v) is 12.5.